The average Bonchev–Trinajstić information content (AvgIpc) is 3.22. The molecule has 140 valence electrons. The van der Waals surface area contributed by atoms with E-state index in [1.54, 1.807) is 0 Å². The predicted octanol–water partition coefficient (Wildman–Crippen LogP) is 3.59. The van der Waals surface area contributed by atoms with Crippen LogP contribution in [0.4, 0.5) is 4.39 Å². The second-order valence-corrected chi connectivity index (χ2v) is 7.21. The molecule has 1 saturated heterocycles. The van der Waals surface area contributed by atoms with Gasteiger partial charge in [-0.2, -0.15) is 0 Å². The first kappa shape index (κ1) is 18.8. The van der Waals surface area contributed by atoms with Gasteiger partial charge in [-0.25, -0.2) is 4.39 Å². The summed E-state index contributed by atoms with van der Waals surface area (Å²) in [6.07, 6.45) is 8.69. The third kappa shape index (κ3) is 3.58. The first-order valence-electron chi connectivity index (χ1n) is 9.15. The lowest BCUT2D eigenvalue weighted by molar-refractivity contribution is -0.140. The van der Waals surface area contributed by atoms with Gasteiger partial charge >= 0.3 is 5.97 Å². The van der Waals surface area contributed by atoms with Crippen molar-refractivity contribution in [1.82, 2.24) is 0 Å². The Bertz CT molecular complexity index is 669. The predicted molar refractivity (Wildman–Crippen MR) is 95.1 cm³/mol. The molecule has 0 aromatic heterocycles. The Morgan fingerprint density at radius 2 is 2.12 bits per heavy atom. The van der Waals surface area contributed by atoms with Gasteiger partial charge in [0.1, 0.15) is 12.1 Å². The van der Waals surface area contributed by atoms with Crippen molar-refractivity contribution < 1.29 is 23.5 Å². The van der Waals surface area contributed by atoms with Crippen LogP contribution in [0, 0.1) is 17.7 Å². The zero-order valence-electron chi connectivity index (χ0n) is 15.0. The van der Waals surface area contributed by atoms with Crippen molar-refractivity contribution in [1.29, 1.82) is 0 Å². The van der Waals surface area contributed by atoms with Crippen molar-refractivity contribution in [2.75, 3.05) is 13.7 Å². The van der Waals surface area contributed by atoms with E-state index in [9.17, 15) is 14.0 Å². The van der Waals surface area contributed by atoms with Gasteiger partial charge < -0.3 is 14.3 Å². The summed E-state index contributed by atoms with van der Waals surface area (Å²) in [6.45, 7) is 0.578. The van der Waals surface area contributed by atoms with Crippen LogP contribution in [0.25, 0.3) is 0 Å². The highest BCUT2D eigenvalue weighted by Gasteiger charge is 2.59. The minimum atomic E-state index is -0.257. The number of aldehydes is 1. The van der Waals surface area contributed by atoms with E-state index in [4.69, 9.17) is 4.74 Å². The summed E-state index contributed by atoms with van der Waals surface area (Å²) >= 11 is 0. The summed E-state index contributed by atoms with van der Waals surface area (Å²) in [6, 6.07) is 6.60. The highest BCUT2D eigenvalue weighted by atomic mass is 19.1. The highest BCUT2D eigenvalue weighted by Crippen LogP contribution is 2.55. The molecule has 4 atom stereocenters. The summed E-state index contributed by atoms with van der Waals surface area (Å²) in [5, 5.41) is 0. The maximum Gasteiger partial charge on any atom is 0.305 e. The number of hydrogen-bond donors (Lipinski definition) is 0. The Balaban J connectivity index is 1.68. The van der Waals surface area contributed by atoms with Crippen molar-refractivity contribution in [3.8, 4) is 0 Å². The molecule has 2 fully saturated rings. The Labute approximate surface area is 153 Å². The molecule has 0 N–H and O–H groups in total. The van der Waals surface area contributed by atoms with Gasteiger partial charge in [-0.3, -0.25) is 4.79 Å². The maximum atomic E-state index is 13.3. The van der Waals surface area contributed by atoms with Crippen LogP contribution in [0.3, 0.4) is 0 Å². The van der Waals surface area contributed by atoms with Crippen LogP contribution in [0.5, 0.6) is 0 Å². The van der Waals surface area contributed by atoms with E-state index in [0.29, 0.717) is 13.0 Å². The van der Waals surface area contributed by atoms with Crippen molar-refractivity contribution in [2.24, 2.45) is 11.8 Å². The normalized spacial score (nSPS) is 30.0. The zero-order valence-corrected chi connectivity index (χ0v) is 15.0. The summed E-state index contributed by atoms with van der Waals surface area (Å²) in [5.41, 5.74) is 0.829. The van der Waals surface area contributed by atoms with Gasteiger partial charge in [0.2, 0.25) is 0 Å². The molecule has 1 aromatic rings. The fourth-order valence-electron chi connectivity index (χ4n) is 4.45. The molecule has 0 radical (unpaired) electrons. The summed E-state index contributed by atoms with van der Waals surface area (Å²) < 4.78 is 23.8. The monoisotopic (exact) mass is 360 g/mol. The fraction of sp³-hybridized carbons (Fsp3) is 0.524. The largest absolute Gasteiger partial charge is 0.469 e. The lowest BCUT2D eigenvalue weighted by atomic mass is 9.69. The van der Waals surface area contributed by atoms with Crippen molar-refractivity contribution in [3.63, 3.8) is 0 Å². The molecule has 3 rings (SSSR count). The fourth-order valence-corrected chi connectivity index (χ4v) is 4.45. The molecule has 1 aliphatic heterocycles. The average molecular weight is 360 g/mol. The van der Waals surface area contributed by atoms with Crippen molar-refractivity contribution in [3.05, 3.63) is 47.8 Å². The number of methoxy groups -OCH3 is 1. The molecule has 0 amide bonds. The minimum absolute atomic E-state index is 0.0460. The third-order valence-electron chi connectivity index (χ3n) is 5.84. The number of esters is 1. The van der Waals surface area contributed by atoms with Gasteiger partial charge in [0, 0.05) is 17.8 Å². The van der Waals surface area contributed by atoms with Gasteiger partial charge in [0.25, 0.3) is 0 Å². The van der Waals surface area contributed by atoms with Gasteiger partial charge in [-0.05, 0) is 49.3 Å². The molecular weight excluding hydrogens is 335 g/mol. The van der Waals surface area contributed by atoms with Crippen LogP contribution in [0.2, 0.25) is 0 Å². The number of benzene rings is 1. The Hall–Kier alpha value is -2.01. The topological polar surface area (TPSA) is 52.6 Å². The first-order chi connectivity index (χ1) is 12.6. The SMILES string of the molecule is COC(=O)CCC/C=C\C[C@@H]1[C@@H](C=O)[C@H]2C[C@]1(c1ccc(F)cc1)CO2. The second-order valence-electron chi connectivity index (χ2n) is 7.21. The van der Waals surface area contributed by atoms with Crippen LogP contribution in [0.1, 0.15) is 37.7 Å². The summed E-state index contributed by atoms with van der Waals surface area (Å²) in [7, 11) is 1.39. The molecule has 0 unspecified atom stereocenters. The number of carbonyl (C=O) groups excluding carboxylic acids is 2. The molecule has 2 aliphatic rings. The quantitative estimate of drug-likeness (QED) is 0.308. The lowest BCUT2D eigenvalue weighted by Gasteiger charge is -2.37. The minimum Gasteiger partial charge on any atom is -0.469 e. The molecule has 1 aliphatic carbocycles. The molecule has 1 heterocycles. The van der Waals surface area contributed by atoms with Gasteiger partial charge in [-0.15, -0.1) is 0 Å². The highest BCUT2D eigenvalue weighted by molar-refractivity contribution is 5.69. The Kier molecular flexibility index (Phi) is 5.87. The molecule has 0 spiro atoms. The number of allylic oxidation sites excluding steroid dienone is 2. The van der Waals surface area contributed by atoms with Gasteiger partial charge in [0.15, 0.2) is 0 Å². The van der Waals surface area contributed by atoms with Gasteiger partial charge in [0.05, 0.1) is 19.8 Å². The molecule has 5 heteroatoms. The number of hydrogen-bond acceptors (Lipinski definition) is 4. The van der Waals surface area contributed by atoms with Crippen LogP contribution in [0.15, 0.2) is 36.4 Å². The smallest absolute Gasteiger partial charge is 0.305 e. The summed E-state index contributed by atoms with van der Waals surface area (Å²) in [4.78, 5) is 22.8. The molecule has 26 heavy (non-hydrogen) atoms. The van der Waals surface area contributed by atoms with E-state index in [1.165, 1.54) is 19.2 Å². The van der Waals surface area contributed by atoms with E-state index >= 15 is 0 Å². The molecule has 1 aromatic carbocycles. The number of halogens is 1. The van der Waals surface area contributed by atoms with Crippen LogP contribution >= 0.6 is 0 Å². The first-order valence-corrected chi connectivity index (χ1v) is 9.15. The number of fused-ring (bicyclic) bond motifs is 2. The lowest BCUT2D eigenvalue weighted by Crippen LogP contribution is -2.40. The molecular formula is C21H25FO4. The standard InChI is InChI=1S/C21H25FO4/c1-25-20(24)7-5-3-2-4-6-18-17(13-23)19-12-21(18,14-26-19)15-8-10-16(22)11-9-15/h2,4,8-11,13,17-19H,3,5-7,12,14H2,1H3/b4-2-/t17-,18-,19-,21-/m1/s1. The second kappa shape index (κ2) is 8.12. The van der Waals surface area contributed by atoms with Crippen LogP contribution < -0.4 is 0 Å². The van der Waals surface area contributed by atoms with E-state index in [0.717, 1.165) is 37.5 Å². The van der Waals surface area contributed by atoms with Crippen molar-refractivity contribution in [2.45, 2.75) is 43.6 Å². The van der Waals surface area contributed by atoms with E-state index in [1.807, 2.05) is 12.1 Å². The van der Waals surface area contributed by atoms with Crippen LogP contribution in [-0.2, 0) is 24.5 Å². The number of ether oxygens (including phenoxy) is 2. The van der Waals surface area contributed by atoms with E-state index in [2.05, 4.69) is 16.9 Å². The maximum absolute atomic E-state index is 13.3. The van der Waals surface area contributed by atoms with Crippen molar-refractivity contribution >= 4 is 12.3 Å². The van der Waals surface area contributed by atoms with Crippen LogP contribution in [-0.4, -0.2) is 32.1 Å². The molecule has 2 bridgehead atoms. The Morgan fingerprint density at radius 3 is 2.81 bits per heavy atom. The molecule has 4 nitrogen and oxygen atoms in total. The summed E-state index contributed by atoms with van der Waals surface area (Å²) in [5.74, 6) is -0.429. The third-order valence-corrected chi connectivity index (χ3v) is 5.84. The number of carbonyl (C=O) groups is 2. The molecule has 1 saturated carbocycles. The van der Waals surface area contributed by atoms with Gasteiger partial charge in [-0.1, -0.05) is 24.3 Å². The van der Waals surface area contributed by atoms with E-state index in [-0.39, 0.29) is 35.1 Å². The number of unbranched alkanes of at least 4 members (excludes halogenated alkanes) is 1. The Morgan fingerprint density at radius 1 is 1.35 bits per heavy atom. The zero-order chi connectivity index (χ0) is 18.6. The van der Waals surface area contributed by atoms with E-state index < -0.39 is 0 Å². The number of rotatable bonds is 8.